The zero-order valence-corrected chi connectivity index (χ0v) is 11.5. The van der Waals surface area contributed by atoms with Crippen LogP contribution < -0.4 is 5.32 Å². The third-order valence-corrected chi connectivity index (χ3v) is 2.33. The molecule has 0 bridgehead atoms. The molecule has 0 atom stereocenters. The number of ether oxygens (including phenoxy) is 1. The molecule has 0 aliphatic carbocycles. The molecule has 0 radical (unpaired) electrons. The molecule has 1 aromatic rings. The lowest BCUT2D eigenvalue weighted by Gasteiger charge is -2.09. The summed E-state index contributed by atoms with van der Waals surface area (Å²) in [5.74, 6) is 5.72. The third-order valence-electron chi connectivity index (χ3n) is 2.33. The Morgan fingerprint density at radius 3 is 2.84 bits per heavy atom. The number of anilines is 1. The van der Waals surface area contributed by atoms with Crippen LogP contribution in [-0.4, -0.2) is 24.4 Å². The quantitative estimate of drug-likeness (QED) is 0.822. The topological polar surface area (TPSA) is 58.6 Å². The summed E-state index contributed by atoms with van der Waals surface area (Å²) in [6, 6.07) is 5.41. The van der Waals surface area contributed by atoms with Crippen molar-refractivity contribution in [3.05, 3.63) is 29.3 Å². The zero-order chi connectivity index (χ0) is 14.3. The Balaban J connectivity index is 2.71. The highest BCUT2D eigenvalue weighted by Gasteiger charge is 2.05. The van der Waals surface area contributed by atoms with Gasteiger partial charge in [-0.05, 0) is 30.5 Å². The van der Waals surface area contributed by atoms with Crippen LogP contribution >= 0.6 is 0 Å². The van der Waals surface area contributed by atoms with Crippen LogP contribution in [0.15, 0.2) is 18.2 Å². The molecule has 1 amide bonds. The molecule has 0 saturated heterocycles. The number of benzene rings is 1. The second-order valence-electron chi connectivity index (χ2n) is 4.61. The molecular weight excluding hydrogens is 242 g/mol. The normalized spacial score (nSPS) is 9.74. The fraction of sp³-hybridized carbons (Fsp3) is 0.400. The van der Waals surface area contributed by atoms with Gasteiger partial charge >= 0.3 is 6.09 Å². The minimum absolute atomic E-state index is 0.187. The van der Waals surface area contributed by atoms with Crippen molar-refractivity contribution in [2.24, 2.45) is 5.92 Å². The average Bonchev–Trinajstić information content (AvgIpc) is 2.37. The van der Waals surface area contributed by atoms with Crippen LogP contribution in [0.25, 0.3) is 0 Å². The number of rotatable bonds is 3. The molecule has 1 aromatic carbocycles. The van der Waals surface area contributed by atoms with Gasteiger partial charge in [0.15, 0.2) is 0 Å². The van der Waals surface area contributed by atoms with Crippen molar-refractivity contribution >= 4 is 11.8 Å². The molecule has 2 N–H and O–H groups in total. The largest absolute Gasteiger partial charge is 0.449 e. The van der Waals surface area contributed by atoms with Crippen LogP contribution in [0.5, 0.6) is 0 Å². The lowest BCUT2D eigenvalue weighted by molar-refractivity contribution is 0.147. The number of carbonyl (C=O) groups excluding carboxylic acids is 1. The molecule has 4 heteroatoms. The minimum Gasteiger partial charge on any atom is -0.449 e. The summed E-state index contributed by atoms with van der Waals surface area (Å²) in [6.45, 7) is 6.06. The Kier molecular flexibility index (Phi) is 5.91. The molecular formula is C15H19NO3. The van der Waals surface area contributed by atoms with E-state index >= 15 is 0 Å². The van der Waals surface area contributed by atoms with Crippen LogP contribution in [0.1, 0.15) is 25.0 Å². The predicted octanol–water partition coefficient (Wildman–Crippen LogP) is 2.54. The molecule has 4 nitrogen and oxygen atoms in total. The van der Waals surface area contributed by atoms with Crippen molar-refractivity contribution < 1.29 is 14.6 Å². The average molecular weight is 261 g/mol. The Labute approximate surface area is 113 Å². The zero-order valence-electron chi connectivity index (χ0n) is 11.5. The Morgan fingerprint density at radius 2 is 2.21 bits per heavy atom. The number of hydrogen-bond donors (Lipinski definition) is 2. The second kappa shape index (κ2) is 7.45. The molecule has 102 valence electrons. The highest BCUT2D eigenvalue weighted by atomic mass is 16.5. The molecule has 0 unspecified atom stereocenters. The van der Waals surface area contributed by atoms with Gasteiger partial charge in [-0.15, -0.1) is 0 Å². The van der Waals surface area contributed by atoms with E-state index in [4.69, 9.17) is 9.84 Å². The summed E-state index contributed by atoms with van der Waals surface area (Å²) in [5, 5.41) is 11.3. The fourth-order valence-electron chi connectivity index (χ4n) is 1.37. The van der Waals surface area contributed by atoms with E-state index in [-0.39, 0.29) is 6.61 Å². The van der Waals surface area contributed by atoms with Gasteiger partial charge in [0.1, 0.15) is 6.61 Å². The molecule has 0 fully saturated rings. The van der Waals surface area contributed by atoms with Gasteiger partial charge in [0.25, 0.3) is 0 Å². The molecule has 0 saturated carbocycles. The van der Waals surface area contributed by atoms with Gasteiger partial charge in [0, 0.05) is 11.3 Å². The van der Waals surface area contributed by atoms with E-state index < -0.39 is 6.09 Å². The molecule has 1 rings (SSSR count). The van der Waals surface area contributed by atoms with Gasteiger partial charge in [-0.3, -0.25) is 5.32 Å². The van der Waals surface area contributed by atoms with E-state index in [0.29, 0.717) is 18.2 Å². The van der Waals surface area contributed by atoms with Crippen molar-refractivity contribution in [1.29, 1.82) is 0 Å². The highest BCUT2D eigenvalue weighted by molar-refractivity contribution is 5.85. The molecule has 19 heavy (non-hydrogen) atoms. The number of nitrogens with one attached hydrogen (secondary N) is 1. The van der Waals surface area contributed by atoms with E-state index in [0.717, 1.165) is 11.1 Å². The van der Waals surface area contributed by atoms with Crippen LogP contribution in [0.4, 0.5) is 10.5 Å². The summed E-state index contributed by atoms with van der Waals surface area (Å²) in [6.07, 6.45) is -0.473. The number of amides is 1. The number of hydrogen-bond acceptors (Lipinski definition) is 3. The maximum atomic E-state index is 11.5. The number of aliphatic hydroxyl groups is 1. The van der Waals surface area contributed by atoms with Gasteiger partial charge in [-0.1, -0.05) is 31.8 Å². The monoisotopic (exact) mass is 261 g/mol. The van der Waals surface area contributed by atoms with Gasteiger partial charge in [0.2, 0.25) is 0 Å². The Bertz CT molecular complexity index is 498. The maximum absolute atomic E-state index is 11.5. The van der Waals surface area contributed by atoms with Gasteiger partial charge < -0.3 is 9.84 Å². The smallest absolute Gasteiger partial charge is 0.411 e. The lowest BCUT2D eigenvalue weighted by Crippen LogP contribution is -2.16. The van der Waals surface area contributed by atoms with Crippen LogP contribution in [0, 0.1) is 24.7 Å². The van der Waals surface area contributed by atoms with Gasteiger partial charge in [0.05, 0.1) is 6.61 Å². The first-order chi connectivity index (χ1) is 9.02. The first-order valence-corrected chi connectivity index (χ1v) is 6.17. The molecule has 0 aliphatic rings. The standard InChI is InChI=1S/C15H19NO3/c1-11(2)10-19-15(18)16-14-7-6-12(3)13(9-14)5-4-8-17/h6-7,9,11,17H,8,10H2,1-3H3,(H,16,18). The van der Waals surface area contributed by atoms with Crippen molar-refractivity contribution in [2.75, 3.05) is 18.5 Å². The molecule has 0 aliphatic heterocycles. The van der Waals surface area contributed by atoms with E-state index in [1.54, 1.807) is 12.1 Å². The van der Waals surface area contributed by atoms with Gasteiger partial charge in [-0.25, -0.2) is 4.79 Å². The summed E-state index contributed by atoms with van der Waals surface area (Å²) in [4.78, 5) is 11.5. The minimum atomic E-state index is -0.473. The van der Waals surface area contributed by atoms with E-state index in [1.165, 1.54) is 0 Å². The lowest BCUT2D eigenvalue weighted by atomic mass is 10.1. The first-order valence-electron chi connectivity index (χ1n) is 6.17. The van der Waals surface area contributed by atoms with E-state index in [9.17, 15) is 4.79 Å². The summed E-state index contributed by atoms with van der Waals surface area (Å²) >= 11 is 0. The predicted molar refractivity (Wildman–Crippen MR) is 75.0 cm³/mol. The number of aliphatic hydroxyl groups excluding tert-OH is 1. The summed E-state index contributed by atoms with van der Waals surface area (Å²) in [7, 11) is 0. The van der Waals surface area contributed by atoms with Gasteiger partial charge in [-0.2, -0.15) is 0 Å². The summed E-state index contributed by atoms with van der Waals surface area (Å²) < 4.78 is 5.03. The molecule has 0 spiro atoms. The van der Waals surface area contributed by atoms with Crippen LogP contribution in [-0.2, 0) is 4.74 Å². The maximum Gasteiger partial charge on any atom is 0.411 e. The van der Waals surface area contributed by atoms with E-state index in [2.05, 4.69) is 17.2 Å². The first kappa shape index (κ1) is 15.1. The van der Waals surface area contributed by atoms with E-state index in [1.807, 2.05) is 26.8 Å². The van der Waals surface area contributed by atoms with Crippen LogP contribution in [0.3, 0.4) is 0 Å². The fourth-order valence-corrected chi connectivity index (χ4v) is 1.37. The van der Waals surface area contributed by atoms with Crippen molar-refractivity contribution in [3.63, 3.8) is 0 Å². The Morgan fingerprint density at radius 1 is 1.47 bits per heavy atom. The Hall–Kier alpha value is -1.99. The molecule has 0 aromatic heterocycles. The van der Waals surface area contributed by atoms with Crippen molar-refractivity contribution in [1.82, 2.24) is 0 Å². The highest BCUT2D eigenvalue weighted by Crippen LogP contribution is 2.14. The SMILES string of the molecule is Cc1ccc(NC(=O)OCC(C)C)cc1C#CCO. The van der Waals surface area contributed by atoms with Crippen molar-refractivity contribution in [2.45, 2.75) is 20.8 Å². The van der Waals surface area contributed by atoms with Crippen molar-refractivity contribution in [3.8, 4) is 11.8 Å². The molecule has 0 heterocycles. The summed E-state index contributed by atoms with van der Waals surface area (Å²) in [5.41, 5.74) is 2.39. The number of carbonyl (C=O) groups is 1. The third kappa shape index (κ3) is 5.45. The number of aryl methyl sites for hydroxylation is 1. The van der Waals surface area contributed by atoms with Crippen LogP contribution in [0.2, 0.25) is 0 Å². The second-order valence-corrected chi connectivity index (χ2v) is 4.61.